The molecule has 5 rings (SSSR count). The van der Waals surface area contributed by atoms with Crippen molar-refractivity contribution in [2.45, 2.75) is 11.7 Å². The molecule has 1 amide bonds. The summed E-state index contributed by atoms with van der Waals surface area (Å²) in [4.78, 5) is 12.1. The predicted octanol–water partition coefficient (Wildman–Crippen LogP) is 2.52. The second-order valence-electron chi connectivity index (χ2n) is 6.18. The van der Waals surface area contributed by atoms with Crippen molar-refractivity contribution < 1.29 is 18.7 Å². The lowest BCUT2D eigenvalue weighted by Gasteiger charge is -2.05. The van der Waals surface area contributed by atoms with E-state index < -0.39 is 0 Å². The third-order valence-electron chi connectivity index (χ3n) is 4.27. The molecule has 0 saturated carbocycles. The lowest BCUT2D eigenvalue weighted by molar-refractivity contribution is -0.118. The number of nitrogens with one attached hydrogen (secondary N) is 1. The van der Waals surface area contributed by atoms with Crippen LogP contribution in [0, 0.1) is 0 Å². The van der Waals surface area contributed by atoms with Gasteiger partial charge in [0.15, 0.2) is 17.1 Å². The fourth-order valence-electron chi connectivity index (χ4n) is 2.85. The zero-order valence-corrected chi connectivity index (χ0v) is 15.9. The highest BCUT2D eigenvalue weighted by Gasteiger charge is 2.16. The van der Waals surface area contributed by atoms with E-state index in [-0.39, 0.29) is 18.5 Å². The number of nitrogens with zero attached hydrogens (tertiary/aromatic N) is 4. The molecule has 1 N–H and O–H groups in total. The Morgan fingerprint density at radius 3 is 2.97 bits per heavy atom. The highest BCUT2D eigenvalue weighted by molar-refractivity contribution is 7.99. The number of furan rings is 1. The minimum absolute atomic E-state index is 0.130. The van der Waals surface area contributed by atoms with Crippen LogP contribution in [0.15, 0.2) is 58.3 Å². The molecular formula is C19H15N5O4S. The Labute approximate surface area is 169 Å². The van der Waals surface area contributed by atoms with Crippen LogP contribution in [-0.4, -0.2) is 38.3 Å². The van der Waals surface area contributed by atoms with Crippen molar-refractivity contribution in [1.82, 2.24) is 25.1 Å². The van der Waals surface area contributed by atoms with E-state index in [1.165, 1.54) is 11.8 Å². The molecule has 1 aromatic carbocycles. The quantitative estimate of drug-likeness (QED) is 0.485. The summed E-state index contributed by atoms with van der Waals surface area (Å²) in [5, 5.41) is 16.2. The van der Waals surface area contributed by atoms with E-state index in [2.05, 4.69) is 20.6 Å². The van der Waals surface area contributed by atoms with Gasteiger partial charge in [0.2, 0.25) is 17.9 Å². The van der Waals surface area contributed by atoms with Gasteiger partial charge in [0, 0.05) is 5.56 Å². The molecule has 0 spiro atoms. The van der Waals surface area contributed by atoms with Gasteiger partial charge >= 0.3 is 0 Å². The molecular weight excluding hydrogens is 394 g/mol. The molecule has 29 heavy (non-hydrogen) atoms. The van der Waals surface area contributed by atoms with Crippen LogP contribution < -0.4 is 14.8 Å². The molecule has 9 nitrogen and oxygen atoms in total. The molecule has 146 valence electrons. The second-order valence-corrected chi connectivity index (χ2v) is 7.13. The highest BCUT2D eigenvalue weighted by Crippen LogP contribution is 2.35. The molecule has 0 radical (unpaired) electrons. The summed E-state index contributed by atoms with van der Waals surface area (Å²) >= 11 is 1.27. The van der Waals surface area contributed by atoms with Crippen molar-refractivity contribution in [2.75, 3.05) is 12.5 Å². The number of carbonyl (C=O) groups excluding carboxylic acids is 1. The van der Waals surface area contributed by atoms with Gasteiger partial charge in [-0.2, -0.15) is 9.61 Å². The van der Waals surface area contributed by atoms with Crippen molar-refractivity contribution in [1.29, 1.82) is 0 Å². The number of thioether (sulfide) groups is 1. The number of ether oxygens (including phenoxy) is 2. The highest BCUT2D eigenvalue weighted by atomic mass is 32.2. The molecule has 1 aliphatic rings. The molecule has 0 aliphatic carbocycles. The maximum Gasteiger partial charge on any atom is 0.231 e. The van der Waals surface area contributed by atoms with Crippen molar-refractivity contribution in [2.24, 2.45) is 0 Å². The second kappa shape index (κ2) is 7.47. The minimum atomic E-state index is -0.130. The molecule has 0 bridgehead atoms. The standard InChI is InChI=1S/C19H15N5O4S/c25-18(20-9-13-2-1-7-26-13)10-29-19-22-21-17-6-4-14(23-24(17)19)12-3-5-15-16(8-12)28-11-27-15/h1-8H,9-11H2,(H,20,25). The van der Waals surface area contributed by atoms with Crippen LogP contribution in [0.3, 0.4) is 0 Å². The summed E-state index contributed by atoms with van der Waals surface area (Å²) in [7, 11) is 0. The summed E-state index contributed by atoms with van der Waals surface area (Å²) in [5.74, 6) is 2.17. The van der Waals surface area contributed by atoms with Gasteiger partial charge in [0.1, 0.15) is 5.76 Å². The first-order valence-electron chi connectivity index (χ1n) is 8.81. The van der Waals surface area contributed by atoms with Crippen LogP contribution >= 0.6 is 11.8 Å². The third kappa shape index (κ3) is 3.61. The molecule has 4 aromatic rings. The summed E-state index contributed by atoms with van der Waals surface area (Å²) in [5.41, 5.74) is 2.23. The Bertz CT molecular complexity index is 1170. The Morgan fingerprint density at radius 2 is 2.07 bits per heavy atom. The van der Waals surface area contributed by atoms with Crippen LogP contribution in [0.25, 0.3) is 16.9 Å². The van der Waals surface area contributed by atoms with Gasteiger partial charge in [-0.3, -0.25) is 4.79 Å². The molecule has 3 aromatic heterocycles. The van der Waals surface area contributed by atoms with Gasteiger partial charge in [0.25, 0.3) is 0 Å². The largest absolute Gasteiger partial charge is 0.467 e. The maximum atomic E-state index is 12.1. The smallest absolute Gasteiger partial charge is 0.231 e. The molecule has 0 atom stereocenters. The fourth-order valence-corrected chi connectivity index (χ4v) is 3.57. The SMILES string of the molecule is O=C(CSc1nnc2ccc(-c3ccc4c(c3)OCO4)nn12)NCc1ccco1. The average molecular weight is 409 g/mol. The zero-order valence-electron chi connectivity index (χ0n) is 15.1. The van der Waals surface area contributed by atoms with E-state index in [1.807, 2.05) is 30.3 Å². The van der Waals surface area contributed by atoms with Crippen molar-refractivity contribution in [3.63, 3.8) is 0 Å². The summed E-state index contributed by atoms with van der Waals surface area (Å²) in [6.07, 6.45) is 1.57. The Balaban J connectivity index is 1.31. The van der Waals surface area contributed by atoms with E-state index in [0.29, 0.717) is 28.9 Å². The van der Waals surface area contributed by atoms with E-state index in [0.717, 1.165) is 17.0 Å². The number of carbonyl (C=O) groups is 1. The van der Waals surface area contributed by atoms with Crippen molar-refractivity contribution in [3.05, 3.63) is 54.5 Å². The van der Waals surface area contributed by atoms with E-state index >= 15 is 0 Å². The van der Waals surface area contributed by atoms with Crippen molar-refractivity contribution >= 4 is 23.3 Å². The number of amides is 1. The molecule has 0 saturated heterocycles. The number of benzene rings is 1. The van der Waals surface area contributed by atoms with Gasteiger partial charge < -0.3 is 19.2 Å². The molecule has 1 aliphatic heterocycles. The van der Waals surface area contributed by atoms with Gasteiger partial charge in [0.05, 0.1) is 24.3 Å². The van der Waals surface area contributed by atoms with Gasteiger partial charge in [-0.1, -0.05) is 11.8 Å². The van der Waals surface area contributed by atoms with E-state index in [1.54, 1.807) is 22.9 Å². The minimum Gasteiger partial charge on any atom is -0.467 e. The van der Waals surface area contributed by atoms with Gasteiger partial charge in [-0.15, -0.1) is 10.2 Å². The summed E-state index contributed by atoms with van der Waals surface area (Å²) < 4.78 is 17.6. The zero-order chi connectivity index (χ0) is 19.6. The first-order valence-corrected chi connectivity index (χ1v) is 9.79. The number of aromatic nitrogens is 4. The third-order valence-corrected chi connectivity index (χ3v) is 5.19. The topological polar surface area (TPSA) is 104 Å². The van der Waals surface area contributed by atoms with Gasteiger partial charge in [-0.05, 0) is 42.5 Å². The molecule has 0 unspecified atom stereocenters. The van der Waals surface area contributed by atoms with Crippen molar-refractivity contribution in [3.8, 4) is 22.8 Å². The molecule has 4 heterocycles. The predicted molar refractivity (Wildman–Crippen MR) is 104 cm³/mol. The Morgan fingerprint density at radius 1 is 1.14 bits per heavy atom. The van der Waals surface area contributed by atoms with Crippen LogP contribution in [0.5, 0.6) is 11.5 Å². The first kappa shape index (κ1) is 17.6. The van der Waals surface area contributed by atoms with Gasteiger partial charge in [-0.25, -0.2) is 0 Å². The molecule has 10 heteroatoms. The monoisotopic (exact) mass is 409 g/mol. The fraction of sp³-hybridized carbons (Fsp3) is 0.158. The normalized spacial score (nSPS) is 12.4. The number of rotatable bonds is 6. The van der Waals surface area contributed by atoms with Crippen LogP contribution in [0.4, 0.5) is 0 Å². The van der Waals surface area contributed by atoms with Crippen LogP contribution in [0.1, 0.15) is 5.76 Å². The van der Waals surface area contributed by atoms with E-state index in [9.17, 15) is 4.79 Å². The lowest BCUT2D eigenvalue weighted by Crippen LogP contribution is -2.24. The van der Waals surface area contributed by atoms with Crippen LogP contribution in [-0.2, 0) is 11.3 Å². The Hall–Kier alpha value is -3.53. The number of fused-ring (bicyclic) bond motifs is 2. The number of hydrogen-bond acceptors (Lipinski definition) is 8. The summed E-state index contributed by atoms with van der Waals surface area (Å²) in [6, 6.07) is 12.9. The molecule has 0 fully saturated rings. The first-order chi connectivity index (χ1) is 14.3. The Kier molecular flexibility index (Phi) is 4.53. The van der Waals surface area contributed by atoms with E-state index in [4.69, 9.17) is 13.9 Å². The average Bonchev–Trinajstić information content (AvgIpc) is 3.50. The maximum absolute atomic E-state index is 12.1. The summed E-state index contributed by atoms with van der Waals surface area (Å²) in [6.45, 7) is 0.568. The number of hydrogen-bond donors (Lipinski definition) is 1. The van der Waals surface area contributed by atoms with Crippen LogP contribution in [0.2, 0.25) is 0 Å². The lowest BCUT2D eigenvalue weighted by atomic mass is 10.1.